The number of nitrogens with one attached hydrogen (secondary N) is 1. The summed E-state index contributed by atoms with van der Waals surface area (Å²) in [7, 11) is 0. The quantitative estimate of drug-likeness (QED) is 0.687. The Hall–Kier alpha value is -1.66. The van der Waals surface area contributed by atoms with E-state index in [1.807, 2.05) is 6.92 Å². The number of benzene rings is 1. The molecule has 1 aromatic rings. The lowest BCUT2D eigenvalue weighted by molar-refractivity contribution is -0.384. The lowest BCUT2D eigenvalue weighted by Gasteiger charge is -2.28. The molecule has 0 radical (unpaired) electrons. The van der Waals surface area contributed by atoms with E-state index in [4.69, 9.17) is 16.3 Å². The third-order valence-corrected chi connectivity index (χ3v) is 3.54. The number of ether oxygens (including phenoxy) is 1. The van der Waals surface area contributed by atoms with Gasteiger partial charge in [-0.05, 0) is 25.8 Å². The monoisotopic (exact) mass is 298 g/mol. The van der Waals surface area contributed by atoms with Crippen molar-refractivity contribution in [2.45, 2.75) is 31.9 Å². The zero-order valence-electron chi connectivity index (χ0n) is 11.0. The van der Waals surface area contributed by atoms with Gasteiger partial charge in [-0.3, -0.25) is 14.9 Å². The van der Waals surface area contributed by atoms with Gasteiger partial charge in [0, 0.05) is 24.8 Å². The third kappa shape index (κ3) is 3.46. The van der Waals surface area contributed by atoms with Gasteiger partial charge in [-0.25, -0.2) is 0 Å². The summed E-state index contributed by atoms with van der Waals surface area (Å²) < 4.78 is 5.41. The first-order valence-electron chi connectivity index (χ1n) is 6.34. The Kier molecular flexibility index (Phi) is 4.57. The Labute approximate surface area is 121 Å². The van der Waals surface area contributed by atoms with Gasteiger partial charge in [-0.2, -0.15) is 0 Å². The van der Waals surface area contributed by atoms with E-state index in [0.29, 0.717) is 6.61 Å². The molecule has 20 heavy (non-hydrogen) atoms. The summed E-state index contributed by atoms with van der Waals surface area (Å²) in [6.07, 6.45) is 1.61. The molecule has 0 saturated carbocycles. The Morgan fingerprint density at radius 2 is 2.30 bits per heavy atom. The van der Waals surface area contributed by atoms with Crippen molar-refractivity contribution in [1.29, 1.82) is 0 Å². The molecule has 1 saturated heterocycles. The minimum atomic E-state index is -0.548. The van der Waals surface area contributed by atoms with Crippen molar-refractivity contribution < 1.29 is 14.5 Å². The second kappa shape index (κ2) is 6.19. The van der Waals surface area contributed by atoms with Gasteiger partial charge in [-0.1, -0.05) is 11.6 Å². The van der Waals surface area contributed by atoms with Crippen molar-refractivity contribution in [3.63, 3.8) is 0 Å². The van der Waals surface area contributed by atoms with E-state index in [-0.39, 0.29) is 34.3 Å². The van der Waals surface area contributed by atoms with Gasteiger partial charge in [0.05, 0.1) is 21.6 Å². The van der Waals surface area contributed by atoms with Gasteiger partial charge in [0.2, 0.25) is 0 Å². The summed E-state index contributed by atoms with van der Waals surface area (Å²) in [5.74, 6) is -0.316. The summed E-state index contributed by atoms with van der Waals surface area (Å²) >= 11 is 5.92. The molecule has 1 heterocycles. The largest absolute Gasteiger partial charge is 0.378 e. The van der Waals surface area contributed by atoms with Gasteiger partial charge >= 0.3 is 0 Å². The minimum Gasteiger partial charge on any atom is -0.378 e. The van der Waals surface area contributed by atoms with Crippen LogP contribution in [0.15, 0.2) is 18.2 Å². The summed E-state index contributed by atoms with van der Waals surface area (Å²) in [6, 6.07) is 3.87. The van der Waals surface area contributed by atoms with Crippen LogP contribution >= 0.6 is 11.6 Å². The number of hydrogen-bond acceptors (Lipinski definition) is 4. The van der Waals surface area contributed by atoms with E-state index in [2.05, 4.69) is 5.32 Å². The highest BCUT2D eigenvalue weighted by atomic mass is 35.5. The molecule has 1 aliphatic rings. The number of nitrogens with zero attached hydrogens (tertiary/aromatic N) is 1. The molecular formula is C13H15ClN2O4. The molecule has 0 aromatic heterocycles. The molecule has 108 valence electrons. The van der Waals surface area contributed by atoms with Gasteiger partial charge in [0.15, 0.2) is 0 Å². The smallest absolute Gasteiger partial charge is 0.270 e. The molecule has 1 aliphatic heterocycles. The van der Waals surface area contributed by atoms with Crippen LogP contribution in [-0.2, 0) is 4.74 Å². The lowest BCUT2D eigenvalue weighted by atomic mass is 10.0. The number of rotatable bonds is 3. The van der Waals surface area contributed by atoms with Crippen LogP contribution in [-0.4, -0.2) is 29.6 Å². The van der Waals surface area contributed by atoms with E-state index in [9.17, 15) is 14.9 Å². The maximum atomic E-state index is 12.1. The molecule has 0 spiro atoms. The van der Waals surface area contributed by atoms with E-state index in [1.54, 1.807) is 0 Å². The maximum absolute atomic E-state index is 12.1. The maximum Gasteiger partial charge on any atom is 0.270 e. The summed E-state index contributed by atoms with van der Waals surface area (Å²) in [6.45, 7) is 2.57. The highest BCUT2D eigenvalue weighted by Crippen LogP contribution is 2.23. The molecule has 2 atom stereocenters. The van der Waals surface area contributed by atoms with E-state index >= 15 is 0 Å². The zero-order valence-corrected chi connectivity index (χ0v) is 11.7. The topological polar surface area (TPSA) is 81.5 Å². The van der Waals surface area contributed by atoms with Crippen molar-refractivity contribution in [3.8, 4) is 0 Å². The minimum absolute atomic E-state index is 0.0394. The van der Waals surface area contributed by atoms with Gasteiger partial charge in [0.1, 0.15) is 0 Å². The average molecular weight is 299 g/mol. The van der Waals surface area contributed by atoms with Crippen molar-refractivity contribution in [3.05, 3.63) is 38.9 Å². The van der Waals surface area contributed by atoms with Crippen LogP contribution in [0.3, 0.4) is 0 Å². The van der Waals surface area contributed by atoms with Crippen molar-refractivity contribution in [2.24, 2.45) is 0 Å². The van der Waals surface area contributed by atoms with Gasteiger partial charge in [0.25, 0.3) is 11.6 Å². The number of nitro benzene ring substituents is 1. The van der Waals surface area contributed by atoms with Crippen LogP contribution in [0.4, 0.5) is 5.69 Å². The first-order valence-corrected chi connectivity index (χ1v) is 6.71. The van der Waals surface area contributed by atoms with Crippen LogP contribution < -0.4 is 5.32 Å². The van der Waals surface area contributed by atoms with E-state index in [1.165, 1.54) is 18.2 Å². The fourth-order valence-corrected chi connectivity index (χ4v) is 2.45. The number of non-ortho nitro benzene ring substituents is 1. The Balaban J connectivity index is 2.07. The molecule has 7 heteroatoms. The van der Waals surface area contributed by atoms with Crippen LogP contribution in [0.2, 0.25) is 5.02 Å². The number of amides is 1. The Bertz CT molecular complexity index is 535. The molecule has 1 fully saturated rings. The SMILES string of the molecule is CC1CC(NC(=O)c2ccc([N+](=O)[O-])cc2Cl)CCO1. The van der Waals surface area contributed by atoms with E-state index in [0.717, 1.165) is 12.8 Å². The van der Waals surface area contributed by atoms with E-state index < -0.39 is 4.92 Å². The van der Waals surface area contributed by atoms with Crippen LogP contribution in [0.5, 0.6) is 0 Å². The first-order chi connectivity index (χ1) is 9.47. The van der Waals surface area contributed by atoms with Gasteiger partial charge < -0.3 is 10.1 Å². The standard InChI is InChI=1S/C13H15ClN2O4/c1-8-6-9(4-5-20-8)15-13(17)11-3-2-10(16(18)19)7-12(11)14/h2-3,7-9H,4-6H2,1H3,(H,15,17). The highest BCUT2D eigenvalue weighted by Gasteiger charge is 2.22. The molecule has 1 amide bonds. The predicted molar refractivity (Wildman–Crippen MR) is 74.0 cm³/mol. The molecule has 0 bridgehead atoms. The number of nitro groups is 1. The molecule has 1 N–H and O–H groups in total. The summed E-state index contributed by atoms with van der Waals surface area (Å²) in [5, 5.41) is 13.6. The normalized spacial score (nSPS) is 22.3. The molecule has 6 nitrogen and oxygen atoms in total. The second-order valence-corrected chi connectivity index (χ2v) is 5.20. The number of hydrogen-bond donors (Lipinski definition) is 1. The first kappa shape index (κ1) is 14.7. The number of carbonyl (C=O) groups is 1. The molecule has 1 aromatic carbocycles. The molecular weight excluding hydrogens is 284 g/mol. The highest BCUT2D eigenvalue weighted by molar-refractivity contribution is 6.34. The predicted octanol–water partition coefficient (Wildman–Crippen LogP) is 2.55. The van der Waals surface area contributed by atoms with Crippen molar-refractivity contribution >= 4 is 23.2 Å². The van der Waals surface area contributed by atoms with Gasteiger partial charge in [-0.15, -0.1) is 0 Å². The Morgan fingerprint density at radius 1 is 1.55 bits per heavy atom. The van der Waals surface area contributed by atoms with Crippen LogP contribution in [0, 0.1) is 10.1 Å². The average Bonchev–Trinajstić information content (AvgIpc) is 2.38. The summed E-state index contributed by atoms with van der Waals surface area (Å²) in [4.78, 5) is 22.2. The molecule has 2 unspecified atom stereocenters. The second-order valence-electron chi connectivity index (χ2n) is 4.80. The molecule has 0 aliphatic carbocycles. The fraction of sp³-hybridized carbons (Fsp3) is 0.462. The molecule has 2 rings (SSSR count). The zero-order chi connectivity index (χ0) is 14.7. The third-order valence-electron chi connectivity index (χ3n) is 3.23. The van der Waals surface area contributed by atoms with Crippen molar-refractivity contribution in [2.75, 3.05) is 6.61 Å². The van der Waals surface area contributed by atoms with Crippen molar-refractivity contribution in [1.82, 2.24) is 5.32 Å². The van der Waals surface area contributed by atoms with Crippen LogP contribution in [0.1, 0.15) is 30.1 Å². The number of halogens is 1. The fourth-order valence-electron chi connectivity index (χ4n) is 2.19. The Morgan fingerprint density at radius 3 is 2.90 bits per heavy atom. The lowest BCUT2D eigenvalue weighted by Crippen LogP contribution is -2.41. The number of carbonyl (C=O) groups excluding carboxylic acids is 1. The van der Waals surface area contributed by atoms with Crippen LogP contribution in [0.25, 0.3) is 0 Å². The summed E-state index contributed by atoms with van der Waals surface area (Å²) in [5.41, 5.74) is 0.114.